The van der Waals surface area contributed by atoms with Gasteiger partial charge in [-0.1, -0.05) is 19.2 Å². The largest absolute Gasteiger partial charge is 0.458 e. The van der Waals surface area contributed by atoms with Crippen molar-refractivity contribution < 1.29 is 23.9 Å². The van der Waals surface area contributed by atoms with Crippen LogP contribution in [0.4, 0.5) is 4.79 Å². The van der Waals surface area contributed by atoms with Crippen LogP contribution in [0.1, 0.15) is 73.7 Å². The highest BCUT2D eigenvalue weighted by atomic mass is 16.6. The zero-order valence-electron chi connectivity index (χ0n) is 22.9. The molecule has 3 aliphatic rings. The summed E-state index contributed by atoms with van der Waals surface area (Å²) >= 11 is 0. The summed E-state index contributed by atoms with van der Waals surface area (Å²) in [5.74, 6) is -0.109. The number of nitrogens with zero attached hydrogens (tertiary/aromatic N) is 4. The van der Waals surface area contributed by atoms with Crippen LogP contribution in [0, 0.1) is 0 Å². The maximum absolute atomic E-state index is 13.3. The molecule has 0 saturated heterocycles. The Morgan fingerprint density at radius 3 is 2.54 bits per heavy atom. The highest BCUT2D eigenvalue weighted by molar-refractivity contribution is 5.87. The van der Waals surface area contributed by atoms with E-state index in [0.717, 1.165) is 47.1 Å². The lowest BCUT2D eigenvalue weighted by Crippen LogP contribution is -2.47. The van der Waals surface area contributed by atoms with Gasteiger partial charge in [0.25, 0.3) is 0 Å². The fourth-order valence-electron chi connectivity index (χ4n) is 5.47. The van der Waals surface area contributed by atoms with E-state index in [1.54, 1.807) is 9.80 Å². The van der Waals surface area contributed by atoms with Crippen molar-refractivity contribution in [1.82, 2.24) is 19.6 Å². The predicted octanol–water partition coefficient (Wildman–Crippen LogP) is 4.38. The van der Waals surface area contributed by atoms with Gasteiger partial charge in [-0.05, 0) is 63.3 Å². The number of benzene rings is 1. The Balaban J connectivity index is 1.57. The van der Waals surface area contributed by atoms with Gasteiger partial charge in [0.15, 0.2) is 0 Å². The number of carbonyl (C=O) groups is 3. The minimum Gasteiger partial charge on any atom is -0.458 e. The Bertz CT molecular complexity index is 1330. The first-order valence-electron chi connectivity index (χ1n) is 13.5. The van der Waals surface area contributed by atoms with Crippen LogP contribution in [0.25, 0.3) is 5.69 Å². The van der Waals surface area contributed by atoms with Crippen molar-refractivity contribution in [3.63, 3.8) is 0 Å². The Labute approximate surface area is 229 Å². The van der Waals surface area contributed by atoms with Crippen LogP contribution in [0.2, 0.25) is 0 Å². The number of carbonyl (C=O) groups excluding carboxylic acids is 3. The van der Waals surface area contributed by atoms with Crippen LogP contribution in [0.5, 0.6) is 0 Å². The third-order valence-corrected chi connectivity index (χ3v) is 7.44. The van der Waals surface area contributed by atoms with Gasteiger partial charge in [-0.25, -0.2) is 14.3 Å². The normalized spacial score (nSPS) is 18.6. The van der Waals surface area contributed by atoms with Gasteiger partial charge in [0.1, 0.15) is 12.2 Å². The molecule has 1 atom stereocenters. The lowest BCUT2D eigenvalue weighted by molar-refractivity contribution is -0.139. The van der Waals surface area contributed by atoms with Crippen LogP contribution in [-0.2, 0) is 38.5 Å². The van der Waals surface area contributed by atoms with Crippen LogP contribution in [0.3, 0.4) is 0 Å². The Morgan fingerprint density at radius 2 is 1.87 bits per heavy atom. The molecule has 2 aliphatic heterocycles. The maximum Gasteiger partial charge on any atom is 0.410 e. The molecule has 2 aromatic rings. The average Bonchev–Trinajstić information content (AvgIpc) is 3.71. The molecular formula is C30H36N4O5. The summed E-state index contributed by atoms with van der Waals surface area (Å²) < 4.78 is 13.1. The van der Waals surface area contributed by atoms with Crippen molar-refractivity contribution in [1.29, 1.82) is 0 Å². The second kappa shape index (κ2) is 10.4. The molecule has 39 heavy (non-hydrogen) atoms. The van der Waals surface area contributed by atoms with Crippen LogP contribution < -0.4 is 0 Å². The first-order chi connectivity index (χ1) is 18.6. The zero-order chi connectivity index (χ0) is 27.9. The monoisotopic (exact) mass is 532 g/mol. The van der Waals surface area contributed by atoms with Gasteiger partial charge in [-0.2, -0.15) is 5.10 Å². The van der Waals surface area contributed by atoms with Gasteiger partial charge in [-0.3, -0.25) is 9.69 Å². The summed E-state index contributed by atoms with van der Waals surface area (Å²) in [7, 11) is 0. The summed E-state index contributed by atoms with van der Waals surface area (Å²) in [5, 5.41) is 5.04. The second-order valence-electron chi connectivity index (χ2n) is 11.4. The highest BCUT2D eigenvalue weighted by Crippen LogP contribution is 2.42. The molecule has 5 rings (SSSR count). The van der Waals surface area contributed by atoms with Gasteiger partial charge in [0, 0.05) is 49.7 Å². The molecular weight excluding hydrogens is 496 g/mol. The molecule has 0 spiro atoms. The van der Waals surface area contributed by atoms with Gasteiger partial charge in [0.2, 0.25) is 5.91 Å². The van der Waals surface area contributed by atoms with Crippen LogP contribution in [0.15, 0.2) is 43.5 Å². The molecule has 2 amide bonds. The van der Waals surface area contributed by atoms with Gasteiger partial charge in [0.05, 0.1) is 23.1 Å². The number of ether oxygens (including phenoxy) is 2. The number of aromatic nitrogens is 2. The number of hydrogen-bond acceptors (Lipinski definition) is 6. The van der Waals surface area contributed by atoms with Crippen molar-refractivity contribution in [3.05, 3.63) is 71.6 Å². The Kier molecular flexibility index (Phi) is 7.09. The van der Waals surface area contributed by atoms with Crippen molar-refractivity contribution in [3.8, 4) is 5.69 Å². The topological polar surface area (TPSA) is 94.0 Å². The van der Waals surface area contributed by atoms with E-state index in [-0.39, 0.29) is 12.5 Å². The molecule has 0 unspecified atom stereocenters. The molecule has 3 heterocycles. The van der Waals surface area contributed by atoms with E-state index < -0.39 is 23.7 Å². The molecule has 1 saturated carbocycles. The second-order valence-corrected chi connectivity index (χ2v) is 11.4. The zero-order valence-corrected chi connectivity index (χ0v) is 22.9. The lowest BCUT2D eigenvalue weighted by atomic mass is 9.95. The fourth-order valence-corrected chi connectivity index (χ4v) is 5.47. The number of hydrogen-bond donors (Lipinski definition) is 0. The van der Waals surface area contributed by atoms with Crippen molar-refractivity contribution in [2.75, 3.05) is 19.6 Å². The number of esters is 1. The first kappa shape index (κ1) is 26.7. The van der Waals surface area contributed by atoms with Gasteiger partial charge in [-0.15, -0.1) is 0 Å². The molecule has 206 valence electrons. The van der Waals surface area contributed by atoms with E-state index in [4.69, 9.17) is 14.6 Å². The van der Waals surface area contributed by atoms with Gasteiger partial charge < -0.3 is 14.4 Å². The maximum atomic E-state index is 13.3. The molecule has 0 N–H and O–H groups in total. The average molecular weight is 533 g/mol. The molecule has 9 nitrogen and oxygen atoms in total. The third kappa shape index (κ3) is 5.48. The van der Waals surface area contributed by atoms with Crippen molar-refractivity contribution in [2.45, 2.75) is 70.6 Å². The first-order valence-corrected chi connectivity index (χ1v) is 13.5. The van der Waals surface area contributed by atoms with E-state index in [1.807, 2.05) is 25.5 Å². The smallest absolute Gasteiger partial charge is 0.410 e. The summed E-state index contributed by atoms with van der Waals surface area (Å²) in [4.78, 5) is 41.3. The molecule has 0 radical (unpaired) electrons. The summed E-state index contributed by atoms with van der Waals surface area (Å²) in [5.41, 5.74) is 5.12. The standard InChI is InChI=1S/C30H36N4O5/c1-6-26(35)32-14-12-22-28-24(13-15-33(25(28)17-32)29(37)39-30(3,4)5)34(31-22)23-11-10-20(19-8-9-19)16-21(23)18-38-27(36)7-2/h6-7,10-11,16,19,25H,1-2,8-9,12-15,17-18H2,3-5H3/t25-/m0/s1. The van der Waals surface area contributed by atoms with E-state index in [9.17, 15) is 14.4 Å². The van der Waals surface area contributed by atoms with E-state index in [1.165, 1.54) is 11.6 Å². The highest BCUT2D eigenvalue weighted by Gasteiger charge is 2.41. The Hall–Kier alpha value is -3.88. The third-order valence-electron chi connectivity index (χ3n) is 7.44. The Morgan fingerprint density at radius 1 is 1.10 bits per heavy atom. The van der Waals surface area contributed by atoms with Crippen molar-refractivity contribution in [2.24, 2.45) is 0 Å². The SMILES string of the molecule is C=CC(=O)OCc1cc(C2CC2)ccc1-n1nc2c3c1CCN(C(=O)OC(C)(C)C)[C@H]3CN(C(=O)C=C)CC2. The predicted molar refractivity (Wildman–Crippen MR) is 145 cm³/mol. The van der Waals surface area contributed by atoms with Crippen LogP contribution >= 0.6 is 0 Å². The summed E-state index contributed by atoms with van der Waals surface area (Å²) in [6.07, 6.45) is 5.51. The van der Waals surface area contributed by atoms with Crippen LogP contribution in [-0.4, -0.2) is 62.8 Å². The number of amides is 2. The molecule has 1 fully saturated rings. The minimum absolute atomic E-state index is 0.111. The van der Waals surface area contributed by atoms with Gasteiger partial charge >= 0.3 is 12.1 Å². The summed E-state index contributed by atoms with van der Waals surface area (Å²) in [6.45, 7) is 14.0. The van der Waals surface area contributed by atoms with E-state index >= 15 is 0 Å². The summed E-state index contributed by atoms with van der Waals surface area (Å²) in [6, 6.07) is 5.90. The molecule has 1 aromatic heterocycles. The van der Waals surface area contributed by atoms with E-state index in [2.05, 4.69) is 31.4 Å². The molecule has 9 heteroatoms. The van der Waals surface area contributed by atoms with Crippen molar-refractivity contribution >= 4 is 18.0 Å². The minimum atomic E-state index is -0.646. The van der Waals surface area contributed by atoms with E-state index in [0.29, 0.717) is 38.4 Å². The molecule has 1 aliphatic carbocycles. The molecule has 1 aromatic carbocycles. The number of rotatable bonds is 6. The fraction of sp³-hybridized carbons (Fsp3) is 0.467. The lowest BCUT2D eigenvalue weighted by Gasteiger charge is -2.38. The molecule has 0 bridgehead atoms. The quantitative estimate of drug-likeness (QED) is 0.405.